The Bertz CT molecular complexity index is 388. The highest BCUT2D eigenvalue weighted by atomic mass is 16.2. The van der Waals surface area contributed by atoms with Gasteiger partial charge in [0.15, 0.2) is 5.96 Å². The summed E-state index contributed by atoms with van der Waals surface area (Å²) in [6, 6.07) is 0.413. The molecule has 5 heteroatoms. The van der Waals surface area contributed by atoms with Crippen LogP contribution < -0.4 is 10.6 Å². The first-order valence-corrected chi connectivity index (χ1v) is 9.00. The molecule has 1 heterocycles. The van der Waals surface area contributed by atoms with Crippen molar-refractivity contribution in [1.82, 2.24) is 15.5 Å². The van der Waals surface area contributed by atoms with Gasteiger partial charge in [-0.1, -0.05) is 26.7 Å². The summed E-state index contributed by atoms with van der Waals surface area (Å²) >= 11 is 0. The second-order valence-electron chi connectivity index (χ2n) is 6.58. The minimum Gasteiger partial charge on any atom is -0.357 e. The van der Waals surface area contributed by atoms with Crippen molar-refractivity contribution in [2.75, 3.05) is 26.2 Å². The fourth-order valence-corrected chi connectivity index (χ4v) is 3.39. The van der Waals surface area contributed by atoms with Crippen molar-refractivity contribution >= 4 is 11.9 Å². The molecule has 0 aromatic rings. The SMILES string of the molecule is CCNC(=NCC(=O)NC1CC1)N1CCC(C(CC)CC)C1. The maximum Gasteiger partial charge on any atom is 0.242 e. The van der Waals surface area contributed by atoms with Gasteiger partial charge in [0.1, 0.15) is 6.54 Å². The summed E-state index contributed by atoms with van der Waals surface area (Å²) in [6.07, 6.45) is 6.00. The predicted molar refractivity (Wildman–Crippen MR) is 90.9 cm³/mol. The minimum atomic E-state index is 0.0497. The number of hydrogen-bond acceptors (Lipinski definition) is 2. The predicted octanol–water partition coefficient (Wildman–Crippen LogP) is 1.99. The number of nitrogens with one attached hydrogen (secondary N) is 2. The van der Waals surface area contributed by atoms with Crippen LogP contribution in [-0.4, -0.2) is 49.0 Å². The first-order chi connectivity index (χ1) is 10.7. The summed E-state index contributed by atoms with van der Waals surface area (Å²) < 4.78 is 0. The highest BCUT2D eigenvalue weighted by Crippen LogP contribution is 2.28. The van der Waals surface area contributed by atoms with Gasteiger partial charge >= 0.3 is 0 Å². The monoisotopic (exact) mass is 308 g/mol. The van der Waals surface area contributed by atoms with Crippen LogP contribution in [-0.2, 0) is 4.79 Å². The molecule has 1 aliphatic carbocycles. The summed E-state index contributed by atoms with van der Waals surface area (Å²) in [4.78, 5) is 18.7. The van der Waals surface area contributed by atoms with Gasteiger partial charge < -0.3 is 15.5 Å². The lowest BCUT2D eigenvalue weighted by Crippen LogP contribution is -2.41. The van der Waals surface area contributed by atoms with Crippen LogP contribution >= 0.6 is 0 Å². The summed E-state index contributed by atoms with van der Waals surface area (Å²) in [6.45, 7) is 9.87. The third-order valence-electron chi connectivity index (χ3n) is 4.89. The molecule has 2 fully saturated rings. The molecule has 0 bridgehead atoms. The van der Waals surface area contributed by atoms with Crippen molar-refractivity contribution in [3.05, 3.63) is 0 Å². The highest BCUT2D eigenvalue weighted by Gasteiger charge is 2.29. The van der Waals surface area contributed by atoms with E-state index in [0.717, 1.165) is 50.3 Å². The smallest absolute Gasteiger partial charge is 0.242 e. The van der Waals surface area contributed by atoms with Crippen LogP contribution in [0.5, 0.6) is 0 Å². The van der Waals surface area contributed by atoms with Gasteiger partial charge in [-0.15, -0.1) is 0 Å². The van der Waals surface area contributed by atoms with Crippen LogP contribution in [0.4, 0.5) is 0 Å². The number of likely N-dealkylation sites (tertiary alicyclic amines) is 1. The number of carbonyl (C=O) groups excluding carboxylic acids is 1. The fourth-order valence-electron chi connectivity index (χ4n) is 3.39. The Morgan fingerprint density at radius 2 is 1.95 bits per heavy atom. The van der Waals surface area contributed by atoms with E-state index in [4.69, 9.17) is 0 Å². The lowest BCUT2D eigenvalue weighted by Gasteiger charge is -2.24. The zero-order valence-corrected chi connectivity index (χ0v) is 14.4. The van der Waals surface area contributed by atoms with E-state index in [-0.39, 0.29) is 12.5 Å². The lowest BCUT2D eigenvalue weighted by atomic mass is 9.87. The number of nitrogens with zero attached hydrogens (tertiary/aromatic N) is 2. The second kappa shape index (κ2) is 8.39. The molecule has 2 rings (SSSR count). The molecular formula is C17H32N4O. The van der Waals surface area contributed by atoms with Gasteiger partial charge in [0, 0.05) is 25.7 Å². The largest absolute Gasteiger partial charge is 0.357 e. The number of hydrogen-bond donors (Lipinski definition) is 2. The molecule has 0 spiro atoms. The molecule has 1 amide bonds. The number of rotatable bonds is 7. The molecule has 1 unspecified atom stereocenters. The molecule has 1 atom stereocenters. The molecule has 0 aromatic carbocycles. The Hall–Kier alpha value is -1.26. The van der Waals surface area contributed by atoms with E-state index in [1.54, 1.807) is 0 Å². The van der Waals surface area contributed by atoms with Gasteiger partial charge in [0.05, 0.1) is 0 Å². The molecular weight excluding hydrogens is 276 g/mol. The summed E-state index contributed by atoms with van der Waals surface area (Å²) in [5, 5.41) is 6.34. The first kappa shape index (κ1) is 17.1. The molecule has 22 heavy (non-hydrogen) atoms. The molecule has 5 nitrogen and oxygen atoms in total. The summed E-state index contributed by atoms with van der Waals surface area (Å²) in [5.74, 6) is 2.53. The molecule has 1 aliphatic heterocycles. The van der Waals surface area contributed by atoms with E-state index in [0.29, 0.717) is 6.04 Å². The number of amides is 1. The standard InChI is InChI=1S/C17H32N4O/c1-4-13(5-2)14-9-10-21(12-14)17(18-6-3)19-11-16(22)20-15-7-8-15/h13-15H,4-12H2,1-3H3,(H,18,19)(H,20,22). The van der Waals surface area contributed by atoms with Crippen molar-refractivity contribution in [2.24, 2.45) is 16.8 Å². The quantitative estimate of drug-likeness (QED) is 0.558. The molecule has 126 valence electrons. The van der Waals surface area contributed by atoms with E-state index < -0.39 is 0 Å². The first-order valence-electron chi connectivity index (χ1n) is 9.00. The fraction of sp³-hybridized carbons (Fsp3) is 0.882. The Morgan fingerprint density at radius 3 is 2.55 bits per heavy atom. The van der Waals surface area contributed by atoms with Gasteiger partial charge in [-0.05, 0) is 38.0 Å². The van der Waals surface area contributed by atoms with Crippen LogP contribution in [0.2, 0.25) is 0 Å². The normalized spacial score (nSPS) is 22.3. The molecule has 1 saturated heterocycles. The average molecular weight is 308 g/mol. The van der Waals surface area contributed by atoms with Crippen molar-refractivity contribution in [1.29, 1.82) is 0 Å². The van der Waals surface area contributed by atoms with Crippen LogP contribution in [0.1, 0.15) is 52.9 Å². The average Bonchev–Trinajstić information content (AvgIpc) is 3.19. The van der Waals surface area contributed by atoms with Crippen molar-refractivity contribution < 1.29 is 4.79 Å². The molecule has 2 aliphatic rings. The van der Waals surface area contributed by atoms with E-state index in [1.165, 1.54) is 19.3 Å². The molecule has 0 radical (unpaired) electrons. The van der Waals surface area contributed by atoms with Gasteiger partial charge in [-0.3, -0.25) is 4.79 Å². The number of guanidine groups is 1. The van der Waals surface area contributed by atoms with Gasteiger partial charge in [-0.25, -0.2) is 4.99 Å². The van der Waals surface area contributed by atoms with Crippen molar-refractivity contribution in [2.45, 2.75) is 58.9 Å². The Balaban J connectivity index is 1.88. The third kappa shape index (κ3) is 4.89. The van der Waals surface area contributed by atoms with Crippen LogP contribution in [0.3, 0.4) is 0 Å². The number of carbonyl (C=O) groups is 1. The van der Waals surface area contributed by atoms with Crippen LogP contribution in [0.25, 0.3) is 0 Å². The van der Waals surface area contributed by atoms with E-state index in [1.807, 2.05) is 0 Å². The van der Waals surface area contributed by atoms with E-state index in [9.17, 15) is 4.79 Å². The van der Waals surface area contributed by atoms with Crippen LogP contribution in [0.15, 0.2) is 4.99 Å². The van der Waals surface area contributed by atoms with E-state index >= 15 is 0 Å². The van der Waals surface area contributed by atoms with Gasteiger partial charge in [-0.2, -0.15) is 0 Å². The van der Waals surface area contributed by atoms with Gasteiger partial charge in [0.25, 0.3) is 0 Å². The molecule has 0 aromatic heterocycles. The summed E-state index contributed by atoms with van der Waals surface area (Å²) in [7, 11) is 0. The van der Waals surface area contributed by atoms with Gasteiger partial charge in [0.2, 0.25) is 5.91 Å². The lowest BCUT2D eigenvalue weighted by molar-refractivity contribution is -0.119. The maximum absolute atomic E-state index is 11.8. The van der Waals surface area contributed by atoms with E-state index in [2.05, 4.69) is 41.3 Å². The third-order valence-corrected chi connectivity index (χ3v) is 4.89. The Morgan fingerprint density at radius 1 is 1.23 bits per heavy atom. The second-order valence-corrected chi connectivity index (χ2v) is 6.58. The maximum atomic E-state index is 11.8. The zero-order chi connectivity index (χ0) is 15.9. The van der Waals surface area contributed by atoms with Crippen molar-refractivity contribution in [3.8, 4) is 0 Å². The highest BCUT2D eigenvalue weighted by molar-refractivity contribution is 5.85. The molecule has 2 N–H and O–H groups in total. The van der Waals surface area contributed by atoms with Crippen LogP contribution in [0, 0.1) is 11.8 Å². The van der Waals surface area contributed by atoms with Crippen molar-refractivity contribution in [3.63, 3.8) is 0 Å². The summed E-state index contributed by atoms with van der Waals surface area (Å²) in [5.41, 5.74) is 0. The minimum absolute atomic E-state index is 0.0497. The Kier molecular flexibility index (Phi) is 6.52. The zero-order valence-electron chi connectivity index (χ0n) is 14.4. The topological polar surface area (TPSA) is 56.7 Å². The Labute approximate surface area is 134 Å². The number of aliphatic imine (C=N–C) groups is 1. The molecule has 1 saturated carbocycles.